The number of benzene rings is 1. The van der Waals surface area contributed by atoms with E-state index in [0.717, 1.165) is 25.7 Å². The zero-order chi connectivity index (χ0) is 23.2. The van der Waals surface area contributed by atoms with Crippen LogP contribution in [0.15, 0.2) is 24.3 Å². The van der Waals surface area contributed by atoms with Crippen molar-refractivity contribution in [3.8, 4) is 0 Å². The summed E-state index contributed by atoms with van der Waals surface area (Å²) in [5, 5.41) is 7.66. The highest BCUT2D eigenvalue weighted by molar-refractivity contribution is 6.74. The Morgan fingerprint density at radius 1 is 0.900 bits per heavy atom. The molecule has 0 aliphatic heterocycles. The van der Waals surface area contributed by atoms with E-state index in [9.17, 15) is 0 Å². The van der Waals surface area contributed by atoms with Crippen molar-refractivity contribution in [2.24, 2.45) is 0 Å². The summed E-state index contributed by atoms with van der Waals surface area (Å²) in [5.74, 6) is 0. The Labute approximate surface area is 188 Å². The molecule has 1 atom stereocenters. The quantitative estimate of drug-likeness (QED) is 0.279. The molecule has 0 heterocycles. The molecule has 0 saturated carbocycles. The van der Waals surface area contributed by atoms with Gasteiger partial charge in [-0.2, -0.15) is 0 Å². The van der Waals surface area contributed by atoms with Gasteiger partial charge in [0.2, 0.25) is 0 Å². The summed E-state index contributed by atoms with van der Waals surface area (Å²) < 4.78 is 13.4. The minimum atomic E-state index is -1.87. The van der Waals surface area contributed by atoms with Gasteiger partial charge in [0.25, 0.3) is 0 Å². The second kappa shape index (κ2) is 10.7. The molecule has 1 N–H and O–H groups in total. The molecule has 0 aliphatic rings. The number of nitrogens with one attached hydrogen (secondary N) is 1. The zero-order valence-electron chi connectivity index (χ0n) is 21.3. The Bertz CT molecular complexity index is 672. The van der Waals surface area contributed by atoms with Gasteiger partial charge in [-0.3, -0.25) is 0 Å². The molecular weight excluding hydrogens is 402 g/mol. The van der Waals surface area contributed by atoms with Crippen LogP contribution in [-0.4, -0.2) is 35.6 Å². The third-order valence-corrected chi connectivity index (χ3v) is 16.1. The Hall–Kier alpha value is -0.756. The van der Waals surface area contributed by atoms with Crippen LogP contribution in [0.2, 0.25) is 36.3 Å². The molecule has 1 aromatic rings. The number of aryl methyl sites for hydroxylation is 2. The molecule has 5 heteroatoms. The third-order valence-electron chi connectivity index (χ3n) is 7.03. The highest BCUT2D eigenvalue weighted by Gasteiger charge is 2.41. The van der Waals surface area contributed by atoms with Crippen LogP contribution >= 0.6 is 0 Å². The molecule has 0 amide bonds. The number of hydrogen-bond acceptors (Lipinski definition) is 3. The fourth-order valence-electron chi connectivity index (χ4n) is 2.79. The van der Waals surface area contributed by atoms with Crippen molar-refractivity contribution in [1.82, 2.24) is 0 Å². The summed E-state index contributed by atoms with van der Waals surface area (Å²) in [6, 6.07) is 8.81. The first-order valence-electron chi connectivity index (χ1n) is 11.5. The molecule has 3 nitrogen and oxygen atoms in total. The molecule has 172 valence electrons. The van der Waals surface area contributed by atoms with Gasteiger partial charge in [0.15, 0.2) is 16.6 Å². The van der Waals surface area contributed by atoms with Gasteiger partial charge >= 0.3 is 0 Å². The summed E-state index contributed by atoms with van der Waals surface area (Å²) in [7, 11) is -3.67. The Morgan fingerprint density at radius 2 is 1.43 bits per heavy atom. The van der Waals surface area contributed by atoms with Gasteiger partial charge < -0.3 is 14.3 Å². The average Bonchev–Trinajstić information content (AvgIpc) is 2.60. The highest BCUT2D eigenvalue weighted by Crippen LogP contribution is 2.39. The average molecular weight is 450 g/mol. The third kappa shape index (κ3) is 8.41. The number of rotatable bonds is 11. The SMILES string of the molecule is CC(C)(C)[Si](C)(C)OCC(CCc1cccc(CCC=N)c1)O[Si](C)(C)C(C)(C)C. The minimum absolute atomic E-state index is 0.130. The normalized spacial score (nSPS) is 14.6. The van der Waals surface area contributed by atoms with E-state index < -0.39 is 16.6 Å². The largest absolute Gasteiger partial charge is 0.414 e. The standard InChI is InChI=1S/C25H47NO2Si2/c1-24(2,3)29(7,8)27-20-23(28-30(9,10)25(4,5)6)17-16-22-14-11-13-21(19-22)15-12-18-26/h11,13-14,18-19,23,26H,12,15-17,20H2,1-10H3. The topological polar surface area (TPSA) is 42.3 Å². The van der Waals surface area contributed by atoms with Crippen LogP contribution in [-0.2, 0) is 21.7 Å². The van der Waals surface area contributed by atoms with Crippen molar-refractivity contribution in [1.29, 1.82) is 5.41 Å². The molecule has 0 fully saturated rings. The van der Waals surface area contributed by atoms with Gasteiger partial charge in [0.1, 0.15) is 0 Å². The van der Waals surface area contributed by atoms with E-state index >= 15 is 0 Å². The Morgan fingerprint density at radius 3 is 1.93 bits per heavy atom. The van der Waals surface area contributed by atoms with Crippen LogP contribution in [0.25, 0.3) is 0 Å². The van der Waals surface area contributed by atoms with Gasteiger partial charge in [0, 0.05) is 0 Å². The molecular formula is C25H47NO2Si2. The van der Waals surface area contributed by atoms with E-state index in [1.807, 2.05) is 0 Å². The molecule has 1 aromatic carbocycles. The summed E-state index contributed by atoms with van der Waals surface area (Å²) in [6.07, 6.45) is 5.35. The lowest BCUT2D eigenvalue weighted by Gasteiger charge is -2.41. The molecule has 30 heavy (non-hydrogen) atoms. The van der Waals surface area contributed by atoms with E-state index in [2.05, 4.69) is 92.0 Å². The van der Waals surface area contributed by atoms with Crippen molar-refractivity contribution in [2.45, 2.75) is 110 Å². The van der Waals surface area contributed by atoms with Crippen LogP contribution in [0.3, 0.4) is 0 Å². The van der Waals surface area contributed by atoms with Crippen LogP contribution in [0.4, 0.5) is 0 Å². The smallest absolute Gasteiger partial charge is 0.192 e. The second-order valence-corrected chi connectivity index (χ2v) is 21.2. The van der Waals surface area contributed by atoms with E-state index in [4.69, 9.17) is 14.3 Å². The first kappa shape index (κ1) is 27.3. The molecule has 0 spiro atoms. The van der Waals surface area contributed by atoms with Crippen molar-refractivity contribution < 1.29 is 8.85 Å². The summed E-state index contributed by atoms with van der Waals surface area (Å²) in [6.45, 7) is 23.8. The Kier molecular flexibility index (Phi) is 9.74. The van der Waals surface area contributed by atoms with Gasteiger partial charge in [0.05, 0.1) is 12.7 Å². The zero-order valence-corrected chi connectivity index (χ0v) is 23.3. The van der Waals surface area contributed by atoms with E-state index in [-0.39, 0.29) is 16.2 Å². The number of hydrogen-bond donors (Lipinski definition) is 1. The van der Waals surface area contributed by atoms with Crippen LogP contribution in [0.5, 0.6) is 0 Å². The van der Waals surface area contributed by atoms with Crippen molar-refractivity contribution in [3.63, 3.8) is 0 Å². The van der Waals surface area contributed by atoms with Gasteiger partial charge in [-0.05, 0) is 79.3 Å². The van der Waals surface area contributed by atoms with Crippen LogP contribution in [0, 0.1) is 5.41 Å². The molecule has 0 aromatic heterocycles. The maximum atomic E-state index is 7.27. The highest BCUT2D eigenvalue weighted by atomic mass is 28.4. The summed E-state index contributed by atoms with van der Waals surface area (Å²) in [5.41, 5.74) is 2.67. The summed E-state index contributed by atoms with van der Waals surface area (Å²) in [4.78, 5) is 0. The van der Waals surface area contributed by atoms with E-state index in [0.29, 0.717) is 6.61 Å². The predicted octanol–water partition coefficient (Wildman–Crippen LogP) is 7.61. The lowest BCUT2D eigenvalue weighted by atomic mass is 10.0. The fraction of sp³-hybridized carbons (Fsp3) is 0.720. The summed E-state index contributed by atoms with van der Waals surface area (Å²) >= 11 is 0. The monoisotopic (exact) mass is 449 g/mol. The fourth-order valence-corrected chi connectivity index (χ4v) is 5.20. The lowest BCUT2D eigenvalue weighted by Crippen LogP contribution is -2.48. The first-order chi connectivity index (χ1) is 13.6. The van der Waals surface area contributed by atoms with E-state index in [1.165, 1.54) is 17.3 Å². The predicted molar refractivity (Wildman–Crippen MR) is 137 cm³/mol. The van der Waals surface area contributed by atoms with Crippen molar-refractivity contribution in [2.75, 3.05) is 6.61 Å². The molecule has 0 bridgehead atoms. The molecule has 1 rings (SSSR count). The van der Waals surface area contributed by atoms with Crippen molar-refractivity contribution in [3.05, 3.63) is 35.4 Å². The van der Waals surface area contributed by atoms with Crippen LogP contribution in [0.1, 0.15) is 65.5 Å². The van der Waals surface area contributed by atoms with Crippen LogP contribution < -0.4 is 0 Å². The maximum Gasteiger partial charge on any atom is 0.192 e. The van der Waals surface area contributed by atoms with Gasteiger partial charge in [-0.25, -0.2) is 0 Å². The first-order valence-corrected chi connectivity index (χ1v) is 17.3. The molecule has 0 radical (unpaired) electrons. The van der Waals surface area contributed by atoms with Gasteiger partial charge in [-0.15, -0.1) is 0 Å². The molecule has 1 unspecified atom stereocenters. The van der Waals surface area contributed by atoms with Gasteiger partial charge in [-0.1, -0.05) is 65.8 Å². The molecule has 0 saturated heterocycles. The Balaban J connectivity index is 2.91. The second-order valence-electron chi connectivity index (χ2n) is 11.7. The minimum Gasteiger partial charge on any atom is -0.414 e. The molecule has 0 aliphatic carbocycles. The van der Waals surface area contributed by atoms with Crippen molar-refractivity contribution >= 4 is 22.8 Å². The lowest BCUT2D eigenvalue weighted by molar-refractivity contribution is 0.101. The maximum absolute atomic E-state index is 7.27. The van der Waals surface area contributed by atoms with E-state index in [1.54, 1.807) is 0 Å².